The minimum Gasteiger partial charge on any atom is -0.390 e. The Morgan fingerprint density at radius 1 is 1.19 bits per heavy atom. The van der Waals surface area contributed by atoms with E-state index in [1.807, 2.05) is 22.8 Å². The van der Waals surface area contributed by atoms with Crippen LogP contribution in [0.15, 0.2) is 65.2 Å². The lowest BCUT2D eigenvalue weighted by molar-refractivity contribution is -0.170. The van der Waals surface area contributed by atoms with Gasteiger partial charge in [0.2, 0.25) is 0 Å². The number of halogens is 3. The molecule has 0 spiro atoms. The molecule has 42 heavy (non-hydrogen) atoms. The third-order valence-corrected chi connectivity index (χ3v) is 8.32. The number of rotatable bonds is 10. The van der Waals surface area contributed by atoms with E-state index in [1.165, 1.54) is 6.07 Å². The molecule has 2 aliphatic rings. The van der Waals surface area contributed by atoms with Crippen LogP contribution in [0.2, 0.25) is 0 Å². The minimum absolute atomic E-state index is 0.00821. The summed E-state index contributed by atoms with van der Waals surface area (Å²) in [6.07, 6.45) is -0.293. The molecule has 2 heterocycles. The van der Waals surface area contributed by atoms with E-state index >= 15 is 0 Å². The number of alkyl halides is 3. The van der Waals surface area contributed by atoms with Gasteiger partial charge in [-0.15, -0.1) is 0 Å². The molecule has 2 aromatic heterocycles. The van der Waals surface area contributed by atoms with Gasteiger partial charge in [0.1, 0.15) is 17.7 Å². The maximum absolute atomic E-state index is 13.3. The number of hydrogen-bond donors (Lipinski definition) is 2. The van der Waals surface area contributed by atoms with Gasteiger partial charge in [-0.3, -0.25) is 14.7 Å². The van der Waals surface area contributed by atoms with Crippen molar-refractivity contribution in [3.8, 4) is 0 Å². The summed E-state index contributed by atoms with van der Waals surface area (Å²) in [4.78, 5) is 25.7. The van der Waals surface area contributed by atoms with Crippen LogP contribution < -0.4 is 4.90 Å². The van der Waals surface area contributed by atoms with Crippen molar-refractivity contribution in [1.82, 2.24) is 9.55 Å². The first-order valence-electron chi connectivity index (χ1n) is 14.0. The van der Waals surface area contributed by atoms with Crippen LogP contribution >= 0.6 is 0 Å². The summed E-state index contributed by atoms with van der Waals surface area (Å²) in [7, 11) is 1.65. The number of nitrogens with zero attached hydrogens (tertiary/aromatic N) is 5. The number of pyridine rings is 1. The molecule has 1 amide bonds. The van der Waals surface area contributed by atoms with Crippen LogP contribution in [-0.2, 0) is 11.2 Å². The van der Waals surface area contributed by atoms with E-state index in [2.05, 4.69) is 28.3 Å². The Morgan fingerprint density at radius 3 is 2.57 bits per heavy atom. The average Bonchev–Trinajstić information content (AvgIpc) is 3.64. The molecule has 2 aliphatic carbocycles. The molecule has 8 nitrogen and oxygen atoms in total. The number of allylic oxidation sites excluding steroid dienone is 1. The van der Waals surface area contributed by atoms with Crippen LogP contribution in [0.3, 0.4) is 0 Å². The second kappa shape index (κ2) is 11.8. The molecule has 2 N–H and O–H groups in total. The molecule has 222 valence electrons. The van der Waals surface area contributed by atoms with Crippen molar-refractivity contribution in [3.63, 3.8) is 0 Å². The minimum atomic E-state index is -4.99. The van der Waals surface area contributed by atoms with E-state index < -0.39 is 30.3 Å². The predicted octanol–water partition coefficient (Wildman–Crippen LogP) is 5.19. The number of carbonyl (C=O) groups is 1. The van der Waals surface area contributed by atoms with Crippen LogP contribution in [0.5, 0.6) is 0 Å². The van der Waals surface area contributed by atoms with Gasteiger partial charge in [-0.25, -0.2) is 9.98 Å². The van der Waals surface area contributed by atoms with Gasteiger partial charge in [-0.1, -0.05) is 18.7 Å². The quantitative estimate of drug-likeness (QED) is 0.322. The van der Waals surface area contributed by atoms with Crippen molar-refractivity contribution in [2.45, 2.75) is 56.5 Å². The number of aryl methyl sites for hydroxylation is 1. The van der Waals surface area contributed by atoms with Crippen LogP contribution in [0.4, 0.5) is 24.8 Å². The second-order valence-electron chi connectivity index (χ2n) is 11.1. The molecule has 3 aromatic rings. The zero-order valence-corrected chi connectivity index (χ0v) is 23.3. The van der Waals surface area contributed by atoms with Crippen LogP contribution in [0.25, 0.3) is 10.9 Å². The van der Waals surface area contributed by atoms with E-state index in [0.29, 0.717) is 36.3 Å². The number of hydrogen-bond acceptors (Lipinski definition) is 6. The molecule has 11 heteroatoms. The molecule has 4 atom stereocenters. The van der Waals surface area contributed by atoms with Gasteiger partial charge in [0.15, 0.2) is 0 Å². The number of aliphatic imine (C=N–C) groups is 2. The van der Waals surface area contributed by atoms with Gasteiger partial charge in [0.25, 0.3) is 0 Å². The van der Waals surface area contributed by atoms with Crippen LogP contribution in [-0.4, -0.2) is 70.1 Å². The Hall–Kier alpha value is -3.83. The first kappa shape index (κ1) is 29.7. The van der Waals surface area contributed by atoms with Gasteiger partial charge >= 0.3 is 12.1 Å². The fourth-order valence-corrected chi connectivity index (χ4v) is 5.86. The van der Waals surface area contributed by atoms with Gasteiger partial charge in [-0.2, -0.15) is 13.2 Å². The molecular weight excluding hydrogens is 547 g/mol. The lowest BCUT2D eigenvalue weighted by Gasteiger charge is -2.23. The summed E-state index contributed by atoms with van der Waals surface area (Å²) in [6, 6.07) is 10.1. The zero-order valence-electron chi connectivity index (χ0n) is 23.3. The Balaban J connectivity index is 1.32. The lowest BCUT2D eigenvalue weighted by atomic mass is 9.95. The third kappa shape index (κ3) is 5.89. The van der Waals surface area contributed by atoms with Gasteiger partial charge in [-0.05, 0) is 86.6 Å². The summed E-state index contributed by atoms with van der Waals surface area (Å²) in [6.45, 7) is 7.46. The zero-order chi connectivity index (χ0) is 30.2. The number of carbonyl (C=O) groups excluding carboxylic acids is 1. The number of aliphatic hydroxyl groups is 2. The van der Waals surface area contributed by atoms with Crippen LogP contribution in [0, 0.1) is 11.8 Å². The molecule has 0 saturated heterocycles. The van der Waals surface area contributed by atoms with E-state index in [4.69, 9.17) is 0 Å². The highest BCUT2D eigenvalue weighted by Crippen LogP contribution is 2.41. The smallest absolute Gasteiger partial charge is 0.390 e. The fourth-order valence-electron chi connectivity index (χ4n) is 5.86. The number of anilines is 1. The first-order valence-corrected chi connectivity index (χ1v) is 14.0. The fraction of sp³-hybridized carbons (Fsp3) is 0.419. The van der Waals surface area contributed by atoms with Crippen molar-refractivity contribution in [3.05, 3.63) is 66.4 Å². The maximum Gasteiger partial charge on any atom is 0.471 e. The standard InChI is InChI=1S/C31H34F3N5O3/c1-4-23(35-2)22-13-14-38(29(22)36-3)25-16-21(27(40)28(25)41)10-8-18-7-9-20-11-12-26(37-24(20)15-18)39(17-19-5-6-19)30(42)31(32,33)34/h4,7,9,11-15,19,21,25,27-28,40-41H,1,3,5-6,8,10,16-17H2,2H3/b35-23-/t21-,25+,27+,28-/m0/s1. The average molecular weight is 582 g/mol. The predicted molar refractivity (Wildman–Crippen MR) is 157 cm³/mol. The lowest BCUT2D eigenvalue weighted by Crippen LogP contribution is -2.42. The van der Waals surface area contributed by atoms with Crippen molar-refractivity contribution in [2.75, 3.05) is 18.5 Å². The molecular formula is C31H34F3N5O3. The van der Waals surface area contributed by atoms with E-state index in [9.17, 15) is 28.2 Å². The van der Waals surface area contributed by atoms with Gasteiger partial charge < -0.3 is 14.8 Å². The summed E-state index contributed by atoms with van der Waals surface area (Å²) in [5.41, 5.74) is 2.76. The largest absolute Gasteiger partial charge is 0.471 e. The normalized spacial score (nSPS) is 22.9. The number of benzene rings is 1. The third-order valence-electron chi connectivity index (χ3n) is 8.32. The number of amides is 1. The van der Waals surface area contributed by atoms with Gasteiger partial charge in [0, 0.05) is 30.7 Å². The van der Waals surface area contributed by atoms with E-state index in [1.54, 1.807) is 31.5 Å². The highest BCUT2D eigenvalue weighted by Gasteiger charge is 2.45. The van der Waals surface area contributed by atoms with Crippen molar-refractivity contribution in [1.29, 1.82) is 0 Å². The monoisotopic (exact) mass is 581 g/mol. The number of aromatic nitrogens is 2. The maximum atomic E-state index is 13.3. The molecule has 0 unspecified atom stereocenters. The highest BCUT2D eigenvalue weighted by molar-refractivity contribution is 6.11. The molecule has 0 radical (unpaired) electrons. The summed E-state index contributed by atoms with van der Waals surface area (Å²) in [5, 5.41) is 22.6. The molecule has 5 rings (SSSR count). The Bertz CT molecular complexity index is 1530. The summed E-state index contributed by atoms with van der Waals surface area (Å²) >= 11 is 0. The highest BCUT2D eigenvalue weighted by atomic mass is 19.4. The Labute approximate surface area is 241 Å². The molecule has 2 saturated carbocycles. The van der Waals surface area contributed by atoms with Gasteiger partial charge in [0.05, 0.1) is 23.4 Å². The Morgan fingerprint density at radius 2 is 1.93 bits per heavy atom. The number of fused-ring (bicyclic) bond motifs is 1. The summed E-state index contributed by atoms with van der Waals surface area (Å²) in [5.74, 6) is -1.54. The molecule has 0 aliphatic heterocycles. The van der Waals surface area contributed by atoms with Crippen LogP contribution in [0.1, 0.15) is 42.9 Å². The van der Waals surface area contributed by atoms with Crippen molar-refractivity contribution in [2.24, 2.45) is 21.8 Å². The second-order valence-corrected chi connectivity index (χ2v) is 11.1. The molecule has 2 fully saturated rings. The van der Waals surface area contributed by atoms with E-state index in [-0.39, 0.29) is 24.2 Å². The van der Waals surface area contributed by atoms with Crippen molar-refractivity contribution < 1.29 is 28.2 Å². The van der Waals surface area contributed by atoms with E-state index in [0.717, 1.165) is 34.3 Å². The first-order chi connectivity index (χ1) is 20.0. The molecule has 1 aromatic carbocycles. The summed E-state index contributed by atoms with van der Waals surface area (Å²) < 4.78 is 41.8. The Kier molecular flexibility index (Phi) is 8.34. The number of aliphatic hydroxyl groups excluding tert-OH is 2. The topological polar surface area (TPSA) is 103 Å². The molecule has 0 bridgehead atoms. The SMILES string of the molecule is C=C/C(=N/C)c1ccn([C@@H]2C[C@H](CCc3ccc4ccc(N(CC5CC5)C(=O)C(F)(F)F)nc4c3)[C@@H](O)[C@H]2O)c1N=C. The van der Waals surface area contributed by atoms with Crippen molar-refractivity contribution >= 4 is 40.9 Å².